The second kappa shape index (κ2) is 8.76. The molecule has 2 atom stereocenters. The Morgan fingerprint density at radius 2 is 2.15 bits per heavy atom. The van der Waals surface area contributed by atoms with Gasteiger partial charge in [-0.3, -0.25) is 4.79 Å². The number of hydrogen-bond donors (Lipinski definition) is 2. The first-order valence-corrected chi connectivity index (χ1v) is 6.61. The number of hydrogen-bond acceptors (Lipinski definition) is 4. The third-order valence-electron chi connectivity index (χ3n) is 3.30. The summed E-state index contributed by atoms with van der Waals surface area (Å²) in [5.74, 6) is 0.935. The Hall–Kier alpha value is -1.33. The quantitative estimate of drug-likeness (QED) is 0.836. The maximum atomic E-state index is 11.9. The van der Waals surface area contributed by atoms with Crippen LogP contribution in [0.5, 0.6) is 0 Å². The lowest BCUT2D eigenvalue weighted by Gasteiger charge is -2.19. The molecule has 0 aliphatic rings. The minimum absolute atomic E-state index is 0. The highest BCUT2D eigenvalue weighted by molar-refractivity contribution is 5.85. The molecule has 20 heavy (non-hydrogen) atoms. The van der Waals surface area contributed by atoms with Crippen LogP contribution in [0.2, 0.25) is 0 Å². The van der Waals surface area contributed by atoms with Crippen LogP contribution in [-0.4, -0.2) is 31.0 Å². The van der Waals surface area contributed by atoms with Gasteiger partial charge in [0.05, 0.1) is 6.04 Å². The van der Waals surface area contributed by atoms with Gasteiger partial charge in [-0.25, -0.2) is 4.98 Å². The van der Waals surface area contributed by atoms with E-state index in [1.165, 1.54) is 0 Å². The molecule has 0 saturated carbocycles. The Morgan fingerprint density at radius 3 is 2.70 bits per heavy atom. The van der Waals surface area contributed by atoms with Gasteiger partial charge in [-0.15, -0.1) is 12.4 Å². The SMILES string of the molecule is CCC(C)C(N)C(=O)NCc1cccnc1N(C)C.Cl. The molecule has 2 unspecified atom stereocenters. The Labute approximate surface area is 127 Å². The topological polar surface area (TPSA) is 71.2 Å². The molecule has 0 aliphatic heterocycles. The number of aromatic nitrogens is 1. The molecule has 1 aromatic heterocycles. The van der Waals surface area contributed by atoms with Gasteiger partial charge in [0.25, 0.3) is 0 Å². The van der Waals surface area contributed by atoms with Crippen molar-refractivity contribution in [3.05, 3.63) is 23.9 Å². The van der Waals surface area contributed by atoms with Crippen LogP contribution in [-0.2, 0) is 11.3 Å². The second-order valence-electron chi connectivity index (χ2n) is 5.01. The first kappa shape index (κ1) is 18.7. The molecule has 0 aliphatic carbocycles. The van der Waals surface area contributed by atoms with Crippen molar-refractivity contribution in [2.75, 3.05) is 19.0 Å². The third-order valence-corrected chi connectivity index (χ3v) is 3.30. The molecule has 0 spiro atoms. The minimum atomic E-state index is -0.454. The van der Waals surface area contributed by atoms with Crippen LogP contribution in [0.3, 0.4) is 0 Å². The maximum Gasteiger partial charge on any atom is 0.237 e. The van der Waals surface area contributed by atoms with E-state index < -0.39 is 6.04 Å². The highest BCUT2D eigenvalue weighted by Crippen LogP contribution is 2.14. The molecule has 1 rings (SSSR count). The number of nitrogens with zero attached hydrogens (tertiary/aromatic N) is 2. The van der Waals surface area contributed by atoms with Gasteiger partial charge in [0, 0.05) is 32.4 Å². The molecule has 0 fully saturated rings. The molecule has 1 amide bonds. The molecule has 0 aromatic carbocycles. The number of rotatable bonds is 6. The van der Waals surface area contributed by atoms with Crippen LogP contribution in [0.15, 0.2) is 18.3 Å². The molecule has 0 bridgehead atoms. The van der Waals surface area contributed by atoms with Crippen molar-refractivity contribution >= 4 is 24.1 Å². The summed E-state index contributed by atoms with van der Waals surface area (Å²) in [4.78, 5) is 18.2. The Kier molecular flexibility index (Phi) is 8.18. The predicted molar refractivity (Wildman–Crippen MR) is 85.1 cm³/mol. The summed E-state index contributed by atoms with van der Waals surface area (Å²) in [5.41, 5.74) is 6.88. The van der Waals surface area contributed by atoms with Crippen LogP contribution in [0.25, 0.3) is 0 Å². The predicted octanol–water partition coefficient (Wildman–Crippen LogP) is 1.56. The highest BCUT2D eigenvalue weighted by atomic mass is 35.5. The number of anilines is 1. The lowest BCUT2D eigenvalue weighted by molar-refractivity contribution is -0.123. The van der Waals surface area contributed by atoms with Crippen LogP contribution in [0.1, 0.15) is 25.8 Å². The van der Waals surface area contributed by atoms with Crippen LogP contribution >= 0.6 is 12.4 Å². The first-order chi connectivity index (χ1) is 8.97. The maximum absolute atomic E-state index is 11.9. The molecule has 1 aromatic rings. The molecule has 3 N–H and O–H groups in total. The van der Waals surface area contributed by atoms with Gasteiger partial charge < -0.3 is 16.0 Å². The molecule has 5 nitrogen and oxygen atoms in total. The summed E-state index contributed by atoms with van der Waals surface area (Å²) in [7, 11) is 3.86. The zero-order chi connectivity index (χ0) is 14.4. The van der Waals surface area contributed by atoms with Crippen LogP contribution < -0.4 is 16.0 Å². The van der Waals surface area contributed by atoms with E-state index in [4.69, 9.17) is 5.73 Å². The van der Waals surface area contributed by atoms with Gasteiger partial charge in [0.1, 0.15) is 5.82 Å². The number of nitrogens with one attached hydrogen (secondary N) is 1. The standard InChI is InChI=1S/C14H24N4O.ClH/c1-5-10(2)12(15)14(19)17-9-11-7-6-8-16-13(11)18(3)4;/h6-8,10,12H,5,9,15H2,1-4H3,(H,17,19);1H. The minimum Gasteiger partial charge on any atom is -0.362 e. The van der Waals surface area contributed by atoms with Gasteiger partial charge >= 0.3 is 0 Å². The van der Waals surface area contributed by atoms with Gasteiger partial charge in [0.2, 0.25) is 5.91 Å². The number of amides is 1. The van der Waals surface area contributed by atoms with Gasteiger partial charge in [-0.2, -0.15) is 0 Å². The summed E-state index contributed by atoms with van der Waals surface area (Å²) in [6, 6.07) is 3.37. The van der Waals surface area contributed by atoms with Crippen molar-refractivity contribution in [2.24, 2.45) is 11.7 Å². The molecular formula is C14H25ClN4O. The molecule has 1 heterocycles. The van der Waals surface area contributed by atoms with E-state index in [1.807, 2.05) is 45.0 Å². The largest absolute Gasteiger partial charge is 0.362 e. The fraction of sp³-hybridized carbons (Fsp3) is 0.571. The number of halogens is 1. The molecular weight excluding hydrogens is 276 g/mol. The molecule has 0 saturated heterocycles. The van der Waals surface area contributed by atoms with Gasteiger partial charge in [0.15, 0.2) is 0 Å². The second-order valence-corrected chi connectivity index (χ2v) is 5.01. The summed E-state index contributed by atoms with van der Waals surface area (Å²) in [6.45, 7) is 4.47. The lowest BCUT2D eigenvalue weighted by Crippen LogP contribution is -2.44. The Morgan fingerprint density at radius 1 is 1.50 bits per heavy atom. The summed E-state index contributed by atoms with van der Waals surface area (Å²) in [6.07, 6.45) is 2.63. The molecule has 114 valence electrons. The average Bonchev–Trinajstić information content (AvgIpc) is 2.43. The van der Waals surface area contributed by atoms with Crippen molar-refractivity contribution in [1.29, 1.82) is 0 Å². The van der Waals surface area contributed by atoms with Crippen LogP contribution in [0, 0.1) is 5.92 Å². The Balaban J connectivity index is 0.00000361. The number of carbonyl (C=O) groups excluding carboxylic acids is 1. The lowest BCUT2D eigenvalue weighted by atomic mass is 9.99. The smallest absolute Gasteiger partial charge is 0.237 e. The van der Waals surface area contributed by atoms with E-state index in [-0.39, 0.29) is 24.2 Å². The van der Waals surface area contributed by atoms with Crippen molar-refractivity contribution in [2.45, 2.75) is 32.9 Å². The van der Waals surface area contributed by atoms with Crippen molar-refractivity contribution in [3.8, 4) is 0 Å². The average molecular weight is 301 g/mol. The highest BCUT2D eigenvalue weighted by Gasteiger charge is 2.19. The molecule has 0 radical (unpaired) electrons. The van der Waals surface area contributed by atoms with Crippen molar-refractivity contribution < 1.29 is 4.79 Å². The Bertz CT molecular complexity index is 425. The first-order valence-electron chi connectivity index (χ1n) is 6.61. The van der Waals surface area contributed by atoms with Gasteiger partial charge in [-0.1, -0.05) is 26.3 Å². The van der Waals surface area contributed by atoms with Gasteiger partial charge in [-0.05, 0) is 12.0 Å². The normalized spacial score (nSPS) is 13.1. The van der Waals surface area contributed by atoms with E-state index in [9.17, 15) is 4.79 Å². The monoisotopic (exact) mass is 300 g/mol. The van der Waals surface area contributed by atoms with Crippen molar-refractivity contribution in [1.82, 2.24) is 10.3 Å². The van der Waals surface area contributed by atoms with Crippen LogP contribution in [0.4, 0.5) is 5.82 Å². The van der Waals surface area contributed by atoms with E-state index in [0.29, 0.717) is 6.54 Å². The number of carbonyl (C=O) groups is 1. The zero-order valence-corrected chi connectivity index (χ0v) is 13.4. The fourth-order valence-electron chi connectivity index (χ4n) is 1.78. The third kappa shape index (κ3) is 4.98. The van der Waals surface area contributed by atoms with E-state index in [2.05, 4.69) is 10.3 Å². The van der Waals surface area contributed by atoms with E-state index >= 15 is 0 Å². The zero-order valence-electron chi connectivity index (χ0n) is 12.6. The van der Waals surface area contributed by atoms with Crippen molar-refractivity contribution in [3.63, 3.8) is 0 Å². The van der Waals surface area contributed by atoms with E-state index in [1.54, 1.807) is 6.20 Å². The summed E-state index contributed by atoms with van der Waals surface area (Å²) < 4.78 is 0. The summed E-state index contributed by atoms with van der Waals surface area (Å²) >= 11 is 0. The molecule has 6 heteroatoms. The fourth-order valence-corrected chi connectivity index (χ4v) is 1.78. The number of nitrogens with two attached hydrogens (primary N) is 1. The number of pyridine rings is 1. The summed E-state index contributed by atoms with van der Waals surface area (Å²) in [5, 5.41) is 2.88. The van der Waals surface area contributed by atoms with E-state index in [0.717, 1.165) is 17.8 Å².